The van der Waals surface area contributed by atoms with E-state index in [4.69, 9.17) is 4.84 Å². The highest BCUT2D eigenvalue weighted by molar-refractivity contribution is 7.10. The number of benzene rings is 1. The molecule has 0 bridgehead atoms. The number of aromatic nitrogens is 3. The molecule has 4 heterocycles. The molecule has 7 nitrogen and oxygen atoms in total. The standard InChI is InChI=1S/C23H20F5N5O2S/c1-11-7-19(23(26,27)28)31-33(11)22(34)16-8-12(5-6-29-16)21-30-17(10-36-21)15-9-18(35-32-15)20-13(24)3-2-4-14(20)25/h2-4,7,10,12,16,18,29H,5-6,8-9H2,1H3. The number of hydrogen-bond acceptors (Lipinski definition) is 7. The SMILES string of the molecule is Cc1cc(C(F)(F)F)nn1C(=O)C1CC(c2nc(C3=NOC(c4c(F)cccc4F)C3)cs2)CCN1. The van der Waals surface area contributed by atoms with Crippen LogP contribution >= 0.6 is 11.3 Å². The van der Waals surface area contributed by atoms with Crippen LogP contribution in [0, 0.1) is 18.6 Å². The Balaban J connectivity index is 1.27. The highest BCUT2D eigenvalue weighted by Gasteiger charge is 2.37. The summed E-state index contributed by atoms with van der Waals surface area (Å²) in [6, 6.07) is 3.71. The molecule has 0 radical (unpaired) electrons. The van der Waals surface area contributed by atoms with E-state index in [0.29, 0.717) is 30.8 Å². The van der Waals surface area contributed by atoms with Gasteiger partial charge >= 0.3 is 6.18 Å². The molecule has 3 aromatic rings. The lowest BCUT2D eigenvalue weighted by Gasteiger charge is -2.28. The summed E-state index contributed by atoms with van der Waals surface area (Å²) in [6.07, 6.45) is -4.38. The van der Waals surface area contributed by atoms with Crippen molar-refractivity contribution in [3.8, 4) is 0 Å². The van der Waals surface area contributed by atoms with Crippen molar-refractivity contribution in [1.29, 1.82) is 0 Å². The first-order valence-corrected chi connectivity index (χ1v) is 12.0. The summed E-state index contributed by atoms with van der Waals surface area (Å²) in [7, 11) is 0. The van der Waals surface area contributed by atoms with Gasteiger partial charge in [0.2, 0.25) is 0 Å². The summed E-state index contributed by atoms with van der Waals surface area (Å²) in [6.45, 7) is 1.87. The van der Waals surface area contributed by atoms with Crippen molar-refractivity contribution in [1.82, 2.24) is 20.1 Å². The molecule has 0 saturated carbocycles. The quantitative estimate of drug-likeness (QED) is 0.486. The van der Waals surface area contributed by atoms with Crippen LogP contribution in [-0.4, -0.2) is 39.0 Å². The fraction of sp³-hybridized carbons (Fsp3) is 0.391. The Hall–Kier alpha value is -3.19. The van der Waals surface area contributed by atoms with E-state index in [1.54, 1.807) is 5.38 Å². The zero-order valence-electron chi connectivity index (χ0n) is 18.9. The van der Waals surface area contributed by atoms with Gasteiger partial charge in [0.25, 0.3) is 5.91 Å². The van der Waals surface area contributed by atoms with Crippen LogP contribution in [0.1, 0.15) is 63.7 Å². The van der Waals surface area contributed by atoms with Gasteiger partial charge in [-0.25, -0.2) is 18.4 Å². The van der Waals surface area contributed by atoms with Crippen molar-refractivity contribution in [2.45, 2.75) is 50.4 Å². The molecule has 2 aliphatic rings. The molecule has 36 heavy (non-hydrogen) atoms. The Morgan fingerprint density at radius 1 is 1.25 bits per heavy atom. The van der Waals surface area contributed by atoms with Gasteiger partial charge in [0.05, 0.1) is 22.3 Å². The molecular formula is C23H20F5N5O2S. The van der Waals surface area contributed by atoms with Gasteiger partial charge in [0.15, 0.2) is 11.8 Å². The number of hydrogen-bond donors (Lipinski definition) is 1. The number of alkyl halides is 3. The number of nitrogens with zero attached hydrogens (tertiary/aromatic N) is 4. The third kappa shape index (κ3) is 4.64. The van der Waals surface area contributed by atoms with Gasteiger partial charge in [-0.2, -0.15) is 18.3 Å². The maximum Gasteiger partial charge on any atom is 0.435 e. The predicted molar refractivity (Wildman–Crippen MR) is 120 cm³/mol. The number of aryl methyl sites for hydroxylation is 1. The Kier molecular flexibility index (Phi) is 6.37. The summed E-state index contributed by atoms with van der Waals surface area (Å²) in [4.78, 5) is 22.8. The van der Waals surface area contributed by atoms with Crippen molar-refractivity contribution in [3.63, 3.8) is 0 Å². The summed E-state index contributed by atoms with van der Waals surface area (Å²) in [5.41, 5.74) is -0.216. The Morgan fingerprint density at radius 3 is 2.69 bits per heavy atom. The number of halogens is 5. The number of thiazole rings is 1. The lowest BCUT2D eigenvalue weighted by Crippen LogP contribution is -2.45. The van der Waals surface area contributed by atoms with Gasteiger partial charge < -0.3 is 10.2 Å². The summed E-state index contributed by atoms with van der Waals surface area (Å²) < 4.78 is 68.0. The zero-order chi connectivity index (χ0) is 25.6. The minimum atomic E-state index is -4.64. The molecule has 1 N–H and O–H groups in total. The second-order valence-corrected chi connectivity index (χ2v) is 9.58. The molecule has 0 spiro atoms. The van der Waals surface area contributed by atoms with Gasteiger partial charge in [-0.05, 0) is 44.5 Å². The third-order valence-corrected chi connectivity index (χ3v) is 7.25. The van der Waals surface area contributed by atoms with Crippen molar-refractivity contribution in [2.75, 3.05) is 6.54 Å². The lowest BCUT2D eigenvalue weighted by molar-refractivity contribution is -0.141. The molecule has 190 valence electrons. The number of oxime groups is 1. The molecule has 1 saturated heterocycles. The fourth-order valence-electron chi connectivity index (χ4n) is 4.42. The smallest absolute Gasteiger partial charge is 0.387 e. The average Bonchev–Trinajstić information content (AvgIpc) is 3.58. The molecule has 1 fully saturated rings. The van der Waals surface area contributed by atoms with Crippen LogP contribution in [0.15, 0.2) is 34.8 Å². The van der Waals surface area contributed by atoms with Crippen LogP contribution in [0.2, 0.25) is 0 Å². The van der Waals surface area contributed by atoms with Gasteiger partial charge in [-0.3, -0.25) is 4.79 Å². The van der Waals surface area contributed by atoms with Crippen LogP contribution < -0.4 is 5.32 Å². The van der Waals surface area contributed by atoms with Gasteiger partial charge in [0, 0.05) is 23.4 Å². The molecule has 3 unspecified atom stereocenters. The first-order chi connectivity index (χ1) is 17.1. The van der Waals surface area contributed by atoms with E-state index in [1.807, 2.05) is 0 Å². The van der Waals surface area contributed by atoms with E-state index < -0.39 is 41.6 Å². The summed E-state index contributed by atoms with van der Waals surface area (Å²) >= 11 is 1.36. The van der Waals surface area contributed by atoms with Crippen LogP contribution in [0.5, 0.6) is 0 Å². The molecule has 0 aliphatic carbocycles. The van der Waals surface area contributed by atoms with Crippen molar-refractivity contribution < 1.29 is 31.6 Å². The molecule has 2 aromatic heterocycles. The number of carbonyl (C=O) groups excluding carboxylic acids is 1. The number of nitrogens with one attached hydrogen (secondary N) is 1. The fourth-order valence-corrected chi connectivity index (χ4v) is 5.40. The van der Waals surface area contributed by atoms with E-state index in [9.17, 15) is 26.7 Å². The largest absolute Gasteiger partial charge is 0.435 e. The first kappa shape index (κ1) is 24.5. The van der Waals surface area contributed by atoms with Crippen LogP contribution in [0.25, 0.3) is 0 Å². The topological polar surface area (TPSA) is 81.4 Å². The molecular weight excluding hydrogens is 505 g/mol. The highest BCUT2D eigenvalue weighted by atomic mass is 32.1. The van der Waals surface area contributed by atoms with Gasteiger partial charge in [-0.1, -0.05) is 11.2 Å². The zero-order valence-corrected chi connectivity index (χ0v) is 19.7. The van der Waals surface area contributed by atoms with Crippen molar-refractivity contribution in [2.24, 2.45) is 5.16 Å². The van der Waals surface area contributed by atoms with Crippen LogP contribution in [-0.2, 0) is 11.0 Å². The Morgan fingerprint density at radius 2 is 2.00 bits per heavy atom. The predicted octanol–water partition coefficient (Wildman–Crippen LogP) is 4.99. The van der Waals surface area contributed by atoms with E-state index in [-0.39, 0.29) is 23.6 Å². The third-order valence-electron chi connectivity index (χ3n) is 6.25. The monoisotopic (exact) mass is 525 g/mol. The van der Waals surface area contributed by atoms with E-state index in [1.165, 1.54) is 24.3 Å². The minimum Gasteiger partial charge on any atom is -0.387 e. The minimum absolute atomic E-state index is 0.105. The Labute approximate surface area is 206 Å². The highest BCUT2D eigenvalue weighted by Crippen LogP contribution is 2.35. The number of carbonyl (C=O) groups is 1. The van der Waals surface area contributed by atoms with E-state index >= 15 is 0 Å². The van der Waals surface area contributed by atoms with Crippen LogP contribution in [0.3, 0.4) is 0 Å². The average molecular weight is 526 g/mol. The maximum atomic E-state index is 14.1. The van der Waals surface area contributed by atoms with Gasteiger partial charge in [-0.15, -0.1) is 11.3 Å². The Bertz CT molecular complexity index is 1310. The molecule has 3 atom stereocenters. The van der Waals surface area contributed by atoms with Crippen molar-refractivity contribution in [3.05, 3.63) is 68.9 Å². The molecule has 0 amide bonds. The van der Waals surface area contributed by atoms with E-state index in [2.05, 4.69) is 20.6 Å². The normalized spacial score (nSPS) is 22.4. The summed E-state index contributed by atoms with van der Waals surface area (Å²) in [5, 5.41) is 13.0. The maximum absolute atomic E-state index is 14.1. The number of piperidine rings is 1. The van der Waals surface area contributed by atoms with Gasteiger partial charge in [0.1, 0.15) is 17.3 Å². The summed E-state index contributed by atoms with van der Waals surface area (Å²) in [5.74, 6) is -2.10. The molecule has 1 aromatic carbocycles. The second-order valence-electron chi connectivity index (χ2n) is 8.69. The van der Waals surface area contributed by atoms with Crippen LogP contribution in [0.4, 0.5) is 22.0 Å². The number of rotatable bonds is 4. The lowest BCUT2D eigenvalue weighted by atomic mass is 9.92. The second kappa shape index (κ2) is 9.36. The van der Waals surface area contributed by atoms with E-state index in [0.717, 1.165) is 27.9 Å². The molecule has 13 heteroatoms. The molecule has 2 aliphatic heterocycles. The first-order valence-electron chi connectivity index (χ1n) is 11.2. The van der Waals surface area contributed by atoms with Crippen molar-refractivity contribution >= 4 is 23.0 Å². The molecule has 5 rings (SSSR count).